The average molecular weight is 398 g/mol. The molecule has 0 saturated heterocycles. The minimum atomic E-state index is 0.333. The van der Waals surface area contributed by atoms with E-state index in [9.17, 15) is 0 Å². The second kappa shape index (κ2) is 7.40. The topological polar surface area (TPSA) is 95.7 Å². The molecule has 0 radical (unpaired) electrons. The van der Waals surface area contributed by atoms with Gasteiger partial charge in [-0.05, 0) is 26.0 Å². The van der Waals surface area contributed by atoms with Crippen LogP contribution >= 0.6 is 0 Å². The number of aromatic nitrogens is 6. The summed E-state index contributed by atoms with van der Waals surface area (Å²) in [6.07, 6.45) is 0. The lowest BCUT2D eigenvalue weighted by molar-refractivity contribution is 0.430. The van der Waals surface area contributed by atoms with Crippen molar-refractivity contribution in [1.82, 2.24) is 30.1 Å². The van der Waals surface area contributed by atoms with Gasteiger partial charge >= 0.3 is 0 Å². The highest BCUT2D eigenvalue weighted by Gasteiger charge is 2.20. The molecule has 8 heteroatoms. The quantitative estimate of drug-likeness (QED) is 0.435. The van der Waals surface area contributed by atoms with Gasteiger partial charge < -0.3 is 8.94 Å². The Morgan fingerprint density at radius 3 is 2.27 bits per heavy atom. The molecular formula is C22H18N6O2. The minimum absolute atomic E-state index is 0.333. The smallest absolute Gasteiger partial charge is 0.280 e. The van der Waals surface area contributed by atoms with Crippen molar-refractivity contribution in [2.24, 2.45) is 0 Å². The number of oxazole rings is 1. The Morgan fingerprint density at radius 1 is 0.833 bits per heavy atom. The third-order valence-corrected chi connectivity index (χ3v) is 4.86. The molecule has 0 N–H and O–H groups in total. The van der Waals surface area contributed by atoms with Gasteiger partial charge in [0.1, 0.15) is 11.5 Å². The highest BCUT2D eigenvalue weighted by molar-refractivity contribution is 5.58. The Bertz CT molecular complexity index is 1290. The molecule has 3 aromatic heterocycles. The highest BCUT2D eigenvalue weighted by Crippen LogP contribution is 2.25. The Hall–Kier alpha value is -4.07. The molecule has 5 rings (SSSR count). The van der Waals surface area contributed by atoms with Crippen molar-refractivity contribution in [2.75, 3.05) is 0 Å². The van der Waals surface area contributed by atoms with Crippen LogP contribution in [0.4, 0.5) is 0 Å². The maximum Gasteiger partial charge on any atom is 0.280 e. The van der Waals surface area contributed by atoms with Crippen molar-refractivity contribution >= 4 is 0 Å². The first kappa shape index (κ1) is 18.0. The van der Waals surface area contributed by atoms with Gasteiger partial charge in [0.2, 0.25) is 11.7 Å². The minimum Gasteiger partial charge on any atom is -0.441 e. The molecule has 148 valence electrons. The molecule has 0 aliphatic carbocycles. The maximum absolute atomic E-state index is 5.84. The Morgan fingerprint density at radius 2 is 1.53 bits per heavy atom. The molecule has 0 spiro atoms. The number of hydrogen-bond acceptors (Lipinski definition) is 7. The van der Waals surface area contributed by atoms with E-state index in [-0.39, 0.29) is 0 Å². The molecule has 0 atom stereocenters. The standard InChI is InChI=1S/C22H18N6O2/c1-14-19(22-24-20(26-30-22)16-9-5-3-6-10-16)25-27-28(14)13-18-15(2)29-21(23-18)17-11-7-4-8-12-17/h3-12H,13H2,1-2H3. The fraction of sp³-hybridized carbons (Fsp3) is 0.136. The lowest BCUT2D eigenvalue weighted by Crippen LogP contribution is -2.05. The first-order valence-electron chi connectivity index (χ1n) is 9.50. The summed E-state index contributed by atoms with van der Waals surface area (Å²) >= 11 is 0. The zero-order valence-electron chi connectivity index (χ0n) is 16.5. The van der Waals surface area contributed by atoms with Crippen molar-refractivity contribution in [3.63, 3.8) is 0 Å². The molecule has 30 heavy (non-hydrogen) atoms. The summed E-state index contributed by atoms with van der Waals surface area (Å²) < 4.78 is 13.0. The van der Waals surface area contributed by atoms with Gasteiger partial charge in [-0.15, -0.1) is 5.10 Å². The maximum atomic E-state index is 5.84. The second-order valence-electron chi connectivity index (χ2n) is 6.86. The predicted octanol–water partition coefficient (Wildman–Crippen LogP) is 4.32. The van der Waals surface area contributed by atoms with Crippen LogP contribution < -0.4 is 0 Å². The second-order valence-corrected chi connectivity index (χ2v) is 6.86. The monoisotopic (exact) mass is 398 g/mol. The van der Waals surface area contributed by atoms with Crippen molar-refractivity contribution in [2.45, 2.75) is 20.4 Å². The van der Waals surface area contributed by atoms with Gasteiger partial charge in [0.05, 0.1) is 12.2 Å². The van der Waals surface area contributed by atoms with Crippen LogP contribution in [0.2, 0.25) is 0 Å². The summed E-state index contributed by atoms with van der Waals surface area (Å²) in [5, 5.41) is 12.5. The van der Waals surface area contributed by atoms with Crippen LogP contribution in [0.15, 0.2) is 69.6 Å². The van der Waals surface area contributed by atoms with Crippen molar-refractivity contribution in [3.8, 4) is 34.4 Å². The van der Waals surface area contributed by atoms with Gasteiger partial charge in [-0.2, -0.15) is 4.98 Å². The van der Waals surface area contributed by atoms with Crippen LogP contribution in [0.1, 0.15) is 17.1 Å². The summed E-state index contributed by atoms with van der Waals surface area (Å²) in [5.41, 5.74) is 3.96. The van der Waals surface area contributed by atoms with Gasteiger partial charge in [0, 0.05) is 11.1 Å². The molecule has 0 amide bonds. The summed E-state index contributed by atoms with van der Waals surface area (Å²) in [5.74, 6) is 2.18. The zero-order valence-corrected chi connectivity index (χ0v) is 16.5. The van der Waals surface area contributed by atoms with Gasteiger partial charge in [-0.25, -0.2) is 9.67 Å². The van der Waals surface area contributed by atoms with Crippen molar-refractivity contribution in [1.29, 1.82) is 0 Å². The Balaban J connectivity index is 1.41. The number of hydrogen-bond donors (Lipinski definition) is 0. The van der Waals surface area contributed by atoms with E-state index in [2.05, 4.69) is 25.4 Å². The lowest BCUT2D eigenvalue weighted by atomic mass is 10.2. The molecular weight excluding hydrogens is 380 g/mol. The van der Waals surface area contributed by atoms with Crippen LogP contribution in [0.25, 0.3) is 34.4 Å². The van der Waals surface area contributed by atoms with E-state index < -0.39 is 0 Å². The van der Waals surface area contributed by atoms with Gasteiger partial charge in [-0.3, -0.25) is 0 Å². The van der Waals surface area contributed by atoms with Crippen LogP contribution in [-0.4, -0.2) is 30.1 Å². The third kappa shape index (κ3) is 3.28. The fourth-order valence-corrected chi connectivity index (χ4v) is 3.15. The lowest BCUT2D eigenvalue weighted by Gasteiger charge is -2.00. The molecule has 8 nitrogen and oxygen atoms in total. The highest BCUT2D eigenvalue weighted by atomic mass is 16.5. The third-order valence-electron chi connectivity index (χ3n) is 4.86. The normalized spacial score (nSPS) is 11.1. The number of nitrogens with zero attached hydrogens (tertiary/aromatic N) is 6. The molecule has 0 aliphatic rings. The average Bonchev–Trinajstić information content (AvgIpc) is 3.50. The fourth-order valence-electron chi connectivity index (χ4n) is 3.15. The van der Waals surface area contributed by atoms with E-state index >= 15 is 0 Å². The number of benzene rings is 2. The largest absolute Gasteiger partial charge is 0.441 e. The Kier molecular flexibility index (Phi) is 4.44. The molecule has 0 unspecified atom stereocenters. The summed E-state index contributed by atoms with van der Waals surface area (Å²) in [6.45, 7) is 4.24. The predicted molar refractivity (Wildman–Crippen MR) is 109 cm³/mol. The first-order chi connectivity index (χ1) is 14.7. The van der Waals surface area contributed by atoms with E-state index in [4.69, 9.17) is 8.94 Å². The summed E-state index contributed by atoms with van der Waals surface area (Å²) in [4.78, 5) is 9.10. The van der Waals surface area contributed by atoms with Crippen molar-refractivity contribution < 1.29 is 8.94 Å². The first-order valence-corrected chi connectivity index (χ1v) is 9.50. The molecule has 0 saturated carbocycles. The van der Waals surface area contributed by atoms with Crippen molar-refractivity contribution in [3.05, 3.63) is 77.8 Å². The molecule has 3 heterocycles. The molecule has 0 fully saturated rings. The van der Waals surface area contributed by atoms with Crippen LogP contribution in [0, 0.1) is 13.8 Å². The van der Waals surface area contributed by atoms with E-state index in [1.165, 1.54) is 0 Å². The van der Waals surface area contributed by atoms with Crippen LogP contribution in [0.3, 0.4) is 0 Å². The van der Waals surface area contributed by atoms with Gasteiger partial charge in [-0.1, -0.05) is 58.9 Å². The SMILES string of the molecule is Cc1oc(-c2ccccc2)nc1Cn1nnc(-c2nc(-c3ccccc3)no2)c1C. The molecule has 0 aliphatic heterocycles. The number of rotatable bonds is 5. The summed E-state index contributed by atoms with van der Waals surface area (Å²) in [7, 11) is 0. The Labute approximate surface area is 172 Å². The van der Waals surface area contributed by atoms with E-state index in [1.54, 1.807) is 4.68 Å². The summed E-state index contributed by atoms with van der Waals surface area (Å²) in [6, 6.07) is 19.4. The molecule has 5 aromatic rings. The van der Waals surface area contributed by atoms with Crippen LogP contribution in [0.5, 0.6) is 0 Å². The van der Waals surface area contributed by atoms with Crippen LogP contribution in [-0.2, 0) is 6.54 Å². The zero-order chi connectivity index (χ0) is 20.5. The van der Waals surface area contributed by atoms with Gasteiger partial charge in [0.15, 0.2) is 5.69 Å². The van der Waals surface area contributed by atoms with Gasteiger partial charge in [0.25, 0.3) is 5.89 Å². The van der Waals surface area contributed by atoms with E-state index in [1.807, 2.05) is 74.5 Å². The number of aryl methyl sites for hydroxylation is 1. The van der Waals surface area contributed by atoms with E-state index in [0.29, 0.717) is 29.8 Å². The van der Waals surface area contributed by atoms with E-state index in [0.717, 1.165) is 28.3 Å². The molecule has 0 bridgehead atoms. The molecule has 2 aromatic carbocycles.